The number of aromatic nitrogens is 2. The van der Waals surface area contributed by atoms with E-state index in [1.807, 2.05) is 71.0 Å². The van der Waals surface area contributed by atoms with Crippen LogP contribution in [0.15, 0.2) is 90.1 Å². The fourth-order valence-corrected chi connectivity index (χ4v) is 5.23. The number of anilines is 2. The van der Waals surface area contributed by atoms with Crippen molar-refractivity contribution in [3.8, 4) is 5.75 Å². The normalized spacial score (nSPS) is 17.9. The van der Waals surface area contributed by atoms with Crippen LogP contribution >= 0.6 is 0 Å². The van der Waals surface area contributed by atoms with E-state index in [0.717, 1.165) is 29.8 Å². The Labute approximate surface area is 203 Å². The van der Waals surface area contributed by atoms with Gasteiger partial charge in [-0.25, -0.2) is 4.98 Å². The molecule has 1 saturated heterocycles. The molecule has 0 spiro atoms. The van der Waals surface area contributed by atoms with Gasteiger partial charge in [0.05, 0.1) is 22.6 Å². The highest BCUT2D eigenvalue weighted by Gasteiger charge is 2.37. The van der Waals surface area contributed by atoms with Crippen LogP contribution in [0.4, 0.5) is 11.6 Å². The van der Waals surface area contributed by atoms with E-state index < -0.39 is 6.04 Å². The predicted octanol–water partition coefficient (Wildman–Crippen LogP) is 4.38. The number of rotatable bonds is 3. The molecule has 2 N–H and O–H groups in total. The van der Waals surface area contributed by atoms with E-state index in [2.05, 4.69) is 22.3 Å². The molecule has 0 bridgehead atoms. The summed E-state index contributed by atoms with van der Waals surface area (Å²) in [5.41, 5.74) is 5.01. The van der Waals surface area contributed by atoms with E-state index in [9.17, 15) is 9.90 Å². The van der Waals surface area contributed by atoms with Crippen molar-refractivity contribution in [1.82, 2.24) is 14.5 Å². The minimum Gasteiger partial charge on any atom is -0.508 e. The molecule has 6 rings (SSSR count). The predicted molar refractivity (Wildman–Crippen MR) is 138 cm³/mol. The highest BCUT2D eigenvalue weighted by molar-refractivity contribution is 5.98. The molecular weight excluding hydrogens is 438 g/mol. The summed E-state index contributed by atoms with van der Waals surface area (Å²) in [6, 6.07) is 25.0. The first-order valence-electron chi connectivity index (χ1n) is 11.9. The van der Waals surface area contributed by atoms with Crippen LogP contribution < -0.4 is 10.2 Å². The standard InChI is InChI=1S/C28H27N5O2/c1-19-25(27(35)32-17-15-31(16-18-32)20-9-3-2-4-10-20)26(21-11-5-8-14-24(21)34)33-23-13-7-6-12-22(23)30-28(33)29-19/h2-14,26,34H,15-18H2,1H3,(H,29,30)/t26-/m0/s1. The monoisotopic (exact) mass is 465 g/mol. The van der Waals surface area contributed by atoms with Gasteiger partial charge in [-0.05, 0) is 37.3 Å². The maximum Gasteiger partial charge on any atom is 0.254 e. The molecule has 176 valence electrons. The number of nitrogens with zero attached hydrogens (tertiary/aromatic N) is 4. The molecule has 1 fully saturated rings. The molecular formula is C28H27N5O2. The van der Waals surface area contributed by atoms with Crippen LogP contribution in [0.5, 0.6) is 5.75 Å². The zero-order valence-electron chi connectivity index (χ0n) is 19.6. The SMILES string of the molecule is CC1=C(C(=O)N2CCN(c3ccccc3)CC2)[C@H](c2ccccc2O)n2c(nc3ccccc32)N1. The van der Waals surface area contributed by atoms with Crippen molar-refractivity contribution in [1.29, 1.82) is 0 Å². The average molecular weight is 466 g/mol. The summed E-state index contributed by atoms with van der Waals surface area (Å²) in [6.07, 6.45) is 0. The lowest BCUT2D eigenvalue weighted by Gasteiger charge is -2.39. The van der Waals surface area contributed by atoms with Gasteiger partial charge >= 0.3 is 0 Å². The van der Waals surface area contributed by atoms with Crippen molar-refractivity contribution in [3.05, 3.63) is 95.7 Å². The second-order valence-electron chi connectivity index (χ2n) is 9.03. The summed E-state index contributed by atoms with van der Waals surface area (Å²) in [4.78, 5) is 23.1. The summed E-state index contributed by atoms with van der Waals surface area (Å²) >= 11 is 0. The second kappa shape index (κ2) is 8.51. The number of carbonyl (C=O) groups is 1. The highest BCUT2D eigenvalue weighted by Crippen LogP contribution is 2.42. The summed E-state index contributed by atoms with van der Waals surface area (Å²) in [7, 11) is 0. The third-order valence-corrected chi connectivity index (χ3v) is 6.98. The average Bonchev–Trinajstić information content (AvgIpc) is 3.26. The number of aromatic hydroxyl groups is 1. The molecule has 1 amide bonds. The fraction of sp³-hybridized carbons (Fsp3) is 0.214. The molecule has 1 atom stereocenters. The van der Waals surface area contributed by atoms with E-state index >= 15 is 0 Å². The van der Waals surface area contributed by atoms with E-state index in [4.69, 9.17) is 4.98 Å². The van der Waals surface area contributed by atoms with Crippen LogP contribution in [0.1, 0.15) is 18.5 Å². The van der Waals surface area contributed by atoms with Crippen molar-refractivity contribution in [3.63, 3.8) is 0 Å². The van der Waals surface area contributed by atoms with E-state index in [0.29, 0.717) is 30.2 Å². The number of phenols is 1. The van der Waals surface area contributed by atoms with Gasteiger partial charge in [0.1, 0.15) is 5.75 Å². The molecule has 7 nitrogen and oxygen atoms in total. The Morgan fingerprint density at radius 2 is 1.60 bits per heavy atom. The molecule has 0 radical (unpaired) electrons. The number of allylic oxidation sites excluding steroid dienone is 1. The lowest BCUT2D eigenvalue weighted by atomic mass is 9.93. The molecule has 1 aromatic heterocycles. The Morgan fingerprint density at radius 3 is 2.37 bits per heavy atom. The number of amides is 1. The van der Waals surface area contributed by atoms with Gasteiger partial charge in [-0.2, -0.15) is 0 Å². The molecule has 3 aromatic carbocycles. The molecule has 35 heavy (non-hydrogen) atoms. The molecule has 2 aliphatic heterocycles. The lowest BCUT2D eigenvalue weighted by Crippen LogP contribution is -2.50. The van der Waals surface area contributed by atoms with Gasteiger partial charge in [0.25, 0.3) is 5.91 Å². The van der Waals surface area contributed by atoms with Crippen LogP contribution in [0.25, 0.3) is 11.0 Å². The Bertz CT molecular complexity index is 1430. The number of benzene rings is 3. The molecule has 4 aromatic rings. The Balaban J connectivity index is 1.38. The number of nitrogens with one attached hydrogen (secondary N) is 1. The number of hydrogen-bond donors (Lipinski definition) is 2. The second-order valence-corrected chi connectivity index (χ2v) is 9.03. The van der Waals surface area contributed by atoms with Gasteiger partial charge in [0, 0.05) is 43.1 Å². The van der Waals surface area contributed by atoms with E-state index in [-0.39, 0.29) is 11.7 Å². The molecule has 0 saturated carbocycles. The summed E-state index contributed by atoms with van der Waals surface area (Å²) < 4.78 is 2.03. The third kappa shape index (κ3) is 3.60. The number of carbonyl (C=O) groups excluding carboxylic acids is 1. The first-order valence-corrected chi connectivity index (χ1v) is 11.9. The molecule has 0 unspecified atom stereocenters. The first kappa shape index (κ1) is 21.3. The summed E-state index contributed by atoms with van der Waals surface area (Å²) in [6.45, 7) is 4.74. The van der Waals surface area contributed by atoms with Crippen LogP contribution in [-0.2, 0) is 4.79 Å². The number of para-hydroxylation sites is 4. The Hall–Kier alpha value is -4.26. The van der Waals surface area contributed by atoms with Crippen LogP contribution in [0, 0.1) is 0 Å². The van der Waals surface area contributed by atoms with Crippen LogP contribution in [0.3, 0.4) is 0 Å². The highest BCUT2D eigenvalue weighted by atomic mass is 16.3. The van der Waals surface area contributed by atoms with Gasteiger partial charge in [0.2, 0.25) is 5.95 Å². The smallest absolute Gasteiger partial charge is 0.254 e. The van der Waals surface area contributed by atoms with Crippen molar-refractivity contribution in [2.45, 2.75) is 13.0 Å². The van der Waals surface area contributed by atoms with Crippen molar-refractivity contribution >= 4 is 28.6 Å². The van der Waals surface area contributed by atoms with Crippen LogP contribution in [-0.4, -0.2) is 51.6 Å². The molecule has 3 heterocycles. The number of phenolic OH excluding ortho intramolecular Hbond substituents is 1. The van der Waals surface area contributed by atoms with Crippen molar-refractivity contribution < 1.29 is 9.90 Å². The van der Waals surface area contributed by atoms with E-state index in [1.165, 1.54) is 5.69 Å². The lowest BCUT2D eigenvalue weighted by molar-refractivity contribution is -0.127. The van der Waals surface area contributed by atoms with Gasteiger partial charge in [-0.3, -0.25) is 9.36 Å². The summed E-state index contributed by atoms with van der Waals surface area (Å²) in [5, 5.41) is 14.2. The van der Waals surface area contributed by atoms with Gasteiger partial charge in [-0.15, -0.1) is 0 Å². The summed E-state index contributed by atoms with van der Waals surface area (Å²) in [5.74, 6) is 0.817. The van der Waals surface area contributed by atoms with Crippen LogP contribution in [0.2, 0.25) is 0 Å². The van der Waals surface area contributed by atoms with Crippen molar-refractivity contribution in [2.75, 3.05) is 36.4 Å². The molecule has 2 aliphatic rings. The largest absolute Gasteiger partial charge is 0.508 e. The molecule has 7 heteroatoms. The van der Waals surface area contributed by atoms with Crippen molar-refractivity contribution in [2.24, 2.45) is 0 Å². The van der Waals surface area contributed by atoms with E-state index in [1.54, 1.807) is 12.1 Å². The van der Waals surface area contributed by atoms with Gasteiger partial charge < -0.3 is 20.2 Å². The minimum atomic E-state index is -0.487. The number of fused-ring (bicyclic) bond motifs is 3. The zero-order valence-corrected chi connectivity index (χ0v) is 19.6. The Morgan fingerprint density at radius 1 is 0.914 bits per heavy atom. The minimum absolute atomic E-state index is 0.0144. The maximum absolute atomic E-state index is 14.1. The number of hydrogen-bond acceptors (Lipinski definition) is 5. The van der Waals surface area contributed by atoms with Gasteiger partial charge in [-0.1, -0.05) is 48.5 Å². The number of piperazine rings is 1. The quantitative estimate of drug-likeness (QED) is 0.470. The fourth-order valence-electron chi connectivity index (χ4n) is 5.23. The van der Waals surface area contributed by atoms with Gasteiger partial charge in [0.15, 0.2) is 0 Å². The molecule has 0 aliphatic carbocycles. The topological polar surface area (TPSA) is 73.6 Å². The third-order valence-electron chi connectivity index (χ3n) is 6.98. The zero-order chi connectivity index (χ0) is 23.9. The first-order chi connectivity index (χ1) is 17.1. The number of imidazole rings is 1. The Kier molecular flexibility index (Phi) is 5.17. The maximum atomic E-state index is 14.1.